The van der Waals surface area contributed by atoms with Crippen LogP contribution in [0.15, 0.2) is 0 Å². The summed E-state index contributed by atoms with van der Waals surface area (Å²) in [5.74, 6) is 0. The third-order valence-electron chi connectivity index (χ3n) is 1.61. The van der Waals surface area contributed by atoms with Crippen LogP contribution in [0, 0.1) is 0 Å². The number of hydrogen-bond donors (Lipinski definition) is 2. The van der Waals surface area contributed by atoms with E-state index in [1.807, 2.05) is 0 Å². The van der Waals surface area contributed by atoms with E-state index in [0.29, 0.717) is 13.1 Å². The number of hydrogen-bond acceptors (Lipinski definition) is 3. The Balaban J connectivity index is 3.52. The molecule has 0 unspecified atom stereocenters. The minimum absolute atomic E-state index is 0.471. The Morgan fingerprint density at radius 2 is 1.83 bits per heavy atom. The van der Waals surface area contributed by atoms with Crippen LogP contribution in [0.1, 0.15) is 19.3 Å². The Hall–Kier alpha value is -0.170. The average Bonchev–Trinajstić information content (AvgIpc) is 1.96. The summed E-state index contributed by atoms with van der Waals surface area (Å²) in [7, 11) is -2.02. The van der Waals surface area contributed by atoms with Crippen molar-refractivity contribution < 1.29 is 8.42 Å². The van der Waals surface area contributed by atoms with Crippen molar-refractivity contribution in [2.24, 2.45) is 10.9 Å². The summed E-state index contributed by atoms with van der Waals surface area (Å²) in [6, 6.07) is 0. The van der Waals surface area contributed by atoms with E-state index in [0.717, 1.165) is 23.6 Å². The van der Waals surface area contributed by atoms with Crippen LogP contribution in [0.5, 0.6) is 0 Å². The molecule has 0 heterocycles. The van der Waals surface area contributed by atoms with Gasteiger partial charge in [0.05, 0.1) is 0 Å². The van der Waals surface area contributed by atoms with Crippen LogP contribution in [-0.2, 0) is 10.2 Å². The maximum atomic E-state index is 10.7. The van der Waals surface area contributed by atoms with Gasteiger partial charge in [0, 0.05) is 13.6 Å². The molecule has 0 aromatic carbocycles. The Morgan fingerprint density at radius 3 is 2.25 bits per heavy atom. The fraction of sp³-hybridized carbons (Fsp3) is 1.00. The highest BCUT2D eigenvalue weighted by Crippen LogP contribution is 1.97. The SMILES string of the molecule is CN(CCCCCN)S(N)(=O)=O. The van der Waals surface area contributed by atoms with Gasteiger partial charge in [-0.1, -0.05) is 6.42 Å². The monoisotopic (exact) mass is 195 g/mol. The van der Waals surface area contributed by atoms with Gasteiger partial charge in [-0.25, -0.2) is 5.14 Å². The smallest absolute Gasteiger partial charge is 0.276 e. The van der Waals surface area contributed by atoms with E-state index >= 15 is 0 Å². The van der Waals surface area contributed by atoms with E-state index in [1.165, 1.54) is 7.05 Å². The molecule has 0 saturated carbocycles. The van der Waals surface area contributed by atoms with Crippen LogP contribution in [0.25, 0.3) is 0 Å². The molecule has 0 saturated heterocycles. The van der Waals surface area contributed by atoms with Crippen molar-refractivity contribution >= 4 is 10.2 Å². The van der Waals surface area contributed by atoms with Crippen molar-refractivity contribution in [2.75, 3.05) is 20.1 Å². The normalized spacial score (nSPS) is 12.3. The number of nitrogens with two attached hydrogens (primary N) is 2. The summed E-state index contributed by atoms with van der Waals surface area (Å²) < 4.78 is 22.5. The van der Waals surface area contributed by atoms with Crippen molar-refractivity contribution in [1.29, 1.82) is 0 Å². The van der Waals surface area contributed by atoms with Crippen molar-refractivity contribution in [3.05, 3.63) is 0 Å². The third-order valence-corrected chi connectivity index (χ3v) is 2.66. The maximum Gasteiger partial charge on any atom is 0.276 e. The molecule has 0 aliphatic rings. The van der Waals surface area contributed by atoms with Gasteiger partial charge in [-0.15, -0.1) is 0 Å². The molecular weight excluding hydrogens is 178 g/mol. The first-order valence-corrected chi connectivity index (χ1v) is 5.43. The van der Waals surface area contributed by atoms with E-state index in [9.17, 15) is 8.42 Å². The first-order valence-electron chi connectivity index (χ1n) is 3.92. The van der Waals surface area contributed by atoms with E-state index in [1.54, 1.807) is 0 Å². The van der Waals surface area contributed by atoms with E-state index < -0.39 is 10.2 Å². The summed E-state index contributed by atoms with van der Waals surface area (Å²) >= 11 is 0. The lowest BCUT2D eigenvalue weighted by Crippen LogP contribution is -2.33. The quantitative estimate of drug-likeness (QED) is 0.546. The number of rotatable bonds is 6. The third kappa shape index (κ3) is 5.48. The minimum atomic E-state index is -3.49. The maximum absolute atomic E-state index is 10.7. The Bertz CT molecular complexity index is 203. The van der Waals surface area contributed by atoms with Crippen molar-refractivity contribution in [3.63, 3.8) is 0 Å². The second-order valence-corrected chi connectivity index (χ2v) is 4.37. The lowest BCUT2D eigenvalue weighted by atomic mass is 10.2. The van der Waals surface area contributed by atoms with E-state index in [4.69, 9.17) is 10.9 Å². The standard InChI is InChI=1S/C6H17N3O2S/c1-9(12(8,10)11)6-4-2-3-5-7/h2-7H2,1H3,(H2,8,10,11). The van der Waals surface area contributed by atoms with Crippen LogP contribution in [0.3, 0.4) is 0 Å². The first kappa shape index (κ1) is 11.8. The van der Waals surface area contributed by atoms with Gasteiger partial charge in [0.2, 0.25) is 0 Å². The minimum Gasteiger partial charge on any atom is -0.330 e. The molecule has 0 bridgehead atoms. The predicted octanol–water partition coefficient (Wildman–Crippen LogP) is -0.749. The molecule has 0 aliphatic heterocycles. The van der Waals surface area contributed by atoms with Gasteiger partial charge in [-0.2, -0.15) is 12.7 Å². The zero-order chi connectivity index (χ0) is 9.61. The molecule has 0 aromatic rings. The average molecular weight is 195 g/mol. The molecule has 0 spiro atoms. The highest BCUT2D eigenvalue weighted by atomic mass is 32.2. The molecule has 0 aromatic heterocycles. The summed E-state index contributed by atoms with van der Waals surface area (Å²) in [5.41, 5.74) is 5.27. The lowest BCUT2D eigenvalue weighted by molar-refractivity contribution is 0.454. The first-order chi connectivity index (χ1) is 5.48. The van der Waals surface area contributed by atoms with E-state index in [2.05, 4.69) is 0 Å². The molecule has 6 heteroatoms. The fourth-order valence-electron chi connectivity index (χ4n) is 0.783. The number of unbranched alkanes of at least 4 members (excludes halogenated alkanes) is 2. The number of nitrogens with zero attached hydrogens (tertiary/aromatic N) is 1. The van der Waals surface area contributed by atoms with Crippen molar-refractivity contribution in [3.8, 4) is 0 Å². The zero-order valence-electron chi connectivity index (χ0n) is 7.36. The molecule has 5 nitrogen and oxygen atoms in total. The Kier molecular flexibility index (Phi) is 5.39. The highest BCUT2D eigenvalue weighted by Gasteiger charge is 2.09. The zero-order valence-corrected chi connectivity index (χ0v) is 8.18. The Morgan fingerprint density at radius 1 is 1.25 bits per heavy atom. The van der Waals surface area contributed by atoms with Gasteiger partial charge in [0.1, 0.15) is 0 Å². The van der Waals surface area contributed by atoms with Crippen molar-refractivity contribution in [2.45, 2.75) is 19.3 Å². The molecule has 0 amide bonds. The van der Waals surface area contributed by atoms with Gasteiger partial charge >= 0.3 is 0 Å². The van der Waals surface area contributed by atoms with Crippen LogP contribution in [0.2, 0.25) is 0 Å². The largest absolute Gasteiger partial charge is 0.330 e. The molecule has 0 atom stereocenters. The second-order valence-electron chi connectivity index (χ2n) is 2.72. The van der Waals surface area contributed by atoms with Gasteiger partial charge in [-0.3, -0.25) is 0 Å². The molecule has 74 valence electrons. The highest BCUT2D eigenvalue weighted by molar-refractivity contribution is 7.86. The molecule has 0 rings (SSSR count). The summed E-state index contributed by atoms with van der Waals surface area (Å²) in [4.78, 5) is 0. The molecular formula is C6H17N3O2S. The molecule has 0 radical (unpaired) electrons. The van der Waals surface area contributed by atoms with Crippen LogP contribution in [0.4, 0.5) is 0 Å². The van der Waals surface area contributed by atoms with E-state index in [-0.39, 0.29) is 0 Å². The molecule has 12 heavy (non-hydrogen) atoms. The predicted molar refractivity (Wildman–Crippen MR) is 48.6 cm³/mol. The van der Waals surface area contributed by atoms with Gasteiger partial charge in [0.25, 0.3) is 10.2 Å². The van der Waals surface area contributed by atoms with Crippen LogP contribution < -0.4 is 10.9 Å². The summed E-state index contributed by atoms with van der Waals surface area (Å²) in [5, 5.41) is 4.87. The summed E-state index contributed by atoms with van der Waals surface area (Å²) in [6.45, 7) is 1.12. The molecule has 0 aliphatic carbocycles. The second kappa shape index (κ2) is 5.47. The molecule has 0 fully saturated rings. The molecule has 4 N–H and O–H groups in total. The fourth-order valence-corrected chi connectivity index (χ4v) is 1.17. The van der Waals surface area contributed by atoms with Crippen LogP contribution in [-0.4, -0.2) is 32.9 Å². The Labute approximate surface area is 73.9 Å². The van der Waals surface area contributed by atoms with Gasteiger partial charge in [-0.05, 0) is 19.4 Å². The van der Waals surface area contributed by atoms with Crippen molar-refractivity contribution in [1.82, 2.24) is 4.31 Å². The van der Waals surface area contributed by atoms with Crippen LogP contribution >= 0.6 is 0 Å². The van der Waals surface area contributed by atoms with Gasteiger partial charge < -0.3 is 5.73 Å². The van der Waals surface area contributed by atoms with Gasteiger partial charge in [0.15, 0.2) is 0 Å². The summed E-state index contributed by atoms with van der Waals surface area (Å²) in [6.07, 6.45) is 2.68. The topological polar surface area (TPSA) is 89.4 Å². The lowest BCUT2D eigenvalue weighted by Gasteiger charge is -2.12.